The number of carbonyl (C=O) groups is 3. The fourth-order valence-corrected chi connectivity index (χ4v) is 6.94. The monoisotopic (exact) mass is 654 g/mol. The summed E-state index contributed by atoms with van der Waals surface area (Å²) in [6, 6.07) is 0. The molecule has 46 heavy (non-hydrogen) atoms. The lowest BCUT2D eigenvalue weighted by molar-refractivity contribution is -0.193. The van der Waals surface area contributed by atoms with Crippen LogP contribution in [0.3, 0.4) is 0 Å². The van der Waals surface area contributed by atoms with Crippen molar-refractivity contribution in [2.45, 2.75) is 213 Å². The third-order valence-corrected chi connectivity index (χ3v) is 10.3. The van der Waals surface area contributed by atoms with Gasteiger partial charge in [-0.15, -0.1) is 0 Å². The lowest BCUT2D eigenvalue weighted by Crippen LogP contribution is -2.64. The summed E-state index contributed by atoms with van der Waals surface area (Å²) < 4.78 is 16.5. The molecule has 2 unspecified atom stereocenters. The van der Waals surface area contributed by atoms with Gasteiger partial charge in [-0.3, -0.25) is 4.79 Å². The Balaban J connectivity index is 5.62. The van der Waals surface area contributed by atoms with E-state index in [1.807, 2.05) is 6.92 Å². The van der Waals surface area contributed by atoms with E-state index in [1.165, 1.54) is 90.9 Å². The average molecular weight is 654 g/mol. The highest BCUT2D eigenvalue weighted by Gasteiger charge is 2.58. The van der Waals surface area contributed by atoms with E-state index in [0.717, 1.165) is 64.2 Å². The van der Waals surface area contributed by atoms with Gasteiger partial charge in [0.05, 0.1) is 5.60 Å². The summed E-state index contributed by atoms with van der Waals surface area (Å²) in [4.78, 5) is 39.1. The van der Waals surface area contributed by atoms with Crippen molar-refractivity contribution in [3.63, 3.8) is 0 Å². The zero-order valence-electron chi connectivity index (χ0n) is 32.9. The fourth-order valence-electron chi connectivity index (χ4n) is 6.94. The van der Waals surface area contributed by atoms with E-state index < -0.39 is 47.4 Å². The van der Waals surface area contributed by atoms with Gasteiger partial charge in [0.25, 0.3) is 0 Å². The van der Waals surface area contributed by atoms with Crippen LogP contribution in [0.2, 0.25) is 0 Å². The molecule has 0 aliphatic heterocycles. The van der Waals surface area contributed by atoms with Gasteiger partial charge in [0, 0.05) is 23.8 Å². The van der Waals surface area contributed by atoms with E-state index in [2.05, 4.69) is 19.2 Å². The van der Waals surface area contributed by atoms with Crippen molar-refractivity contribution in [3.8, 4) is 0 Å². The molecule has 0 aliphatic carbocycles. The van der Waals surface area contributed by atoms with Crippen LogP contribution in [0.15, 0.2) is 0 Å². The molecule has 6 nitrogen and oxygen atoms in total. The predicted octanol–water partition coefficient (Wildman–Crippen LogP) is 10.1. The van der Waals surface area contributed by atoms with Crippen LogP contribution < -0.4 is 5.32 Å². The second-order valence-corrected chi connectivity index (χ2v) is 14.6. The molecule has 0 aromatic carbocycles. The van der Waals surface area contributed by atoms with Crippen molar-refractivity contribution in [2.24, 2.45) is 17.3 Å². The molecule has 0 spiro atoms. The number of amides is 1. The smallest absolute Gasteiger partial charge is 0.249 e. The van der Waals surface area contributed by atoms with Gasteiger partial charge < -0.3 is 25.1 Å². The topological polar surface area (TPSA) is 104 Å². The Labute approximate surface area is 287 Å². The van der Waals surface area contributed by atoms with Crippen molar-refractivity contribution in [1.29, 1.82) is 0 Å². The Morgan fingerprint density at radius 1 is 0.609 bits per heavy atom. The molecular formula is C40H77NO5. The lowest BCUT2D eigenvalue weighted by Gasteiger charge is -2.51. The van der Waals surface area contributed by atoms with Crippen molar-refractivity contribution in [2.75, 3.05) is 6.54 Å². The van der Waals surface area contributed by atoms with E-state index in [4.69, 9.17) is 2.74 Å². The fraction of sp³-hybridized carbons (Fsp3) is 0.925. The van der Waals surface area contributed by atoms with E-state index >= 15 is 0 Å². The van der Waals surface area contributed by atoms with Gasteiger partial charge in [-0.25, -0.2) is 0 Å². The van der Waals surface area contributed by atoms with Crippen LogP contribution in [-0.2, 0) is 14.4 Å². The normalized spacial score (nSPS) is 15.8. The number of aliphatic hydroxyl groups excluding tert-OH is 1. The molecule has 0 fully saturated rings. The SMILES string of the molecule is [2H]C(=O)C(CCCCCCCCCCCCC)C(O)(C(CCCCCCCCCCCCC)C([2H])=O)C(C)(C)[C@@H](O)C(=O)NCCCC. The van der Waals surface area contributed by atoms with Crippen LogP contribution >= 0.6 is 0 Å². The number of nitrogens with one attached hydrogen (secondary N) is 1. The summed E-state index contributed by atoms with van der Waals surface area (Å²) in [7, 11) is 0. The zero-order valence-corrected chi connectivity index (χ0v) is 30.9. The maximum Gasteiger partial charge on any atom is 0.249 e. The van der Waals surface area contributed by atoms with Crippen LogP contribution in [0.5, 0.6) is 0 Å². The van der Waals surface area contributed by atoms with Gasteiger partial charge in [0.15, 0.2) is 0 Å². The Morgan fingerprint density at radius 3 is 1.22 bits per heavy atom. The van der Waals surface area contributed by atoms with Gasteiger partial charge in [0.2, 0.25) is 5.91 Å². The lowest BCUT2D eigenvalue weighted by atomic mass is 9.58. The van der Waals surface area contributed by atoms with Gasteiger partial charge >= 0.3 is 0 Å². The molecular weight excluding hydrogens is 574 g/mol. The molecule has 6 heteroatoms. The Bertz CT molecular complexity index is 792. The van der Waals surface area contributed by atoms with Gasteiger partial charge in [0.1, 0.15) is 21.4 Å². The van der Waals surface area contributed by atoms with Gasteiger partial charge in [-0.05, 0) is 19.3 Å². The van der Waals surface area contributed by atoms with Crippen LogP contribution in [0.4, 0.5) is 0 Å². The van der Waals surface area contributed by atoms with Gasteiger partial charge in [-0.2, -0.15) is 0 Å². The highest BCUT2D eigenvalue weighted by atomic mass is 16.3. The summed E-state index contributed by atoms with van der Waals surface area (Å²) in [5.74, 6) is -3.27. The van der Waals surface area contributed by atoms with Crippen LogP contribution in [0.25, 0.3) is 0 Å². The van der Waals surface area contributed by atoms with Crippen LogP contribution in [0, 0.1) is 17.3 Å². The third-order valence-electron chi connectivity index (χ3n) is 10.3. The number of unbranched alkanes of at least 4 members (excludes halogenated alkanes) is 21. The highest BCUT2D eigenvalue weighted by molar-refractivity contribution is 5.82. The quantitative estimate of drug-likeness (QED) is 0.0474. The molecule has 0 heterocycles. The Hall–Kier alpha value is -1.27. The molecule has 272 valence electrons. The second-order valence-electron chi connectivity index (χ2n) is 14.6. The van der Waals surface area contributed by atoms with E-state index in [-0.39, 0.29) is 12.8 Å². The molecule has 0 bridgehead atoms. The first-order valence-corrected chi connectivity index (χ1v) is 19.6. The minimum Gasteiger partial charge on any atom is -0.388 e. The predicted molar refractivity (Wildman–Crippen MR) is 194 cm³/mol. The first-order chi connectivity index (χ1) is 22.9. The summed E-state index contributed by atoms with van der Waals surface area (Å²) >= 11 is 0. The highest BCUT2D eigenvalue weighted by Crippen LogP contribution is 2.47. The average Bonchev–Trinajstić information content (AvgIpc) is 3.04. The summed E-state index contributed by atoms with van der Waals surface area (Å²) in [5, 5.41) is 26.7. The standard InChI is InChI=1S/C40H77NO5/c1-6-9-12-14-16-18-20-22-24-26-28-30-35(33-42)40(46,39(4,5)37(44)38(45)41-32-11-8-3)36(34-43)31-29-27-25-23-21-19-17-15-13-10-7-2/h33-37,44,46H,6-32H2,1-5H3,(H,41,45)/t35?,36?,37-,40?/m0/s1/i33D,34D. The summed E-state index contributed by atoms with van der Waals surface area (Å²) in [5.41, 5.74) is -3.90. The number of hydrogen-bond donors (Lipinski definition) is 3. The molecule has 0 saturated carbocycles. The number of carbonyl (C=O) groups excluding carboxylic acids is 3. The molecule has 0 rings (SSSR count). The minimum absolute atomic E-state index is 0.172. The van der Waals surface area contributed by atoms with E-state index in [9.17, 15) is 24.6 Å². The second kappa shape index (κ2) is 28.7. The zero-order chi connectivity index (χ0) is 36.3. The molecule has 0 radical (unpaired) electrons. The first kappa shape index (κ1) is 40.9. The maximum atomic E-state index is 13.1. The Morgan fingerprint density at radius 2 is 0.913 bits per heavy atom. The minimum atomic E-state index is -2.23. The number of aliphatic hydroxyl groups is 2. The third kappa shape index (κ3) is 17.8. The summed E-state index contributed by atoms with van der Waals surface area (Å²) in [6.45, 7) is 9.80. The molecule has 3 N–H and O–H groups in total. The van der Waals surface area contributed by atoms with E-state index in [0.29, 0.717) is 19.4 Å². The Kier molecular flexibility index (Phi) is 25.5. The number of aldehydes is 2. The number of hydrogen-bond acceptors (Lipinski definition) is 5. The van der Waals surface area contributed by atoms with Crippen molar-refractivity contribution < 1.29 is 27.3 Å². The largest absolute Gasteiger partial charge is 0.388 e. The van der Waals surface area contributed by atoms with Crippen molar-refractivity contribution in [3.05, 3.63) is 0 Å². The molecule has 1 amide bonds. The molecule has 3 atom stereocenters. The summed E-state index contributed by atoms with van der Waals surface area (Å²) in [6.07, 6.45) is 22.7. The number of rotatable bonds is 34. The van der Waals surface area contributed by atoms with Crippen molar-refractivity contribution in [1.82, 2.24) is 5.32 Å². The van der Waals surface area contributed by atoms with Crippen LogP contribution in [0.1, 0.15) is 204 Å². The molecule has 0 aromatic heterocycles. The first-order valence-electron chi connectivity index (χ1n) is 20.6. The molecule has 0 saturated heterocycles. The molecule has 0 aliphatic rings. The van der Waals surface area contributed by atoms with Crippen molar-refractivity contribution >= 4 is 18.4 Å². The molecule has 0 aromatic rings. The van der Waals surface area contributed by atoms with Crippen LogP contribution in [-0.4, -0.2) is 46.9 Å². The maximum absolute atomic E-state index is 13.1. The van der Waals surface area contributed by atoms with E-state index in [1.54, 1.807) is 0 Å². The van der Waals surface area contributed by atoms with Gasteiger partial charge in [-0.1, -0.05) is 182 Å².